The van der Waals surface area contributed by atoms with Gasteiger partial charge in [-0.05, 0) is 37.0 Å². The lowest BCUT2D eigenvalue weighted by molar-refractivity contribution is -0.113. The van der Waals surface area contributed by atoms with E-state index in [1.807, 2.05) is 0 Å². The van der Waals surface area contributed by atoms with Crippen LogP contribution in [0.15, 0.2) is 34.4 Å². The average Bonchev–Trinajstić information content (AvgIpc) is 2.66. The Morgan fingerprint density at radius 2 is 2.03 bits per heavy atom. The molecule has 1 aromatic rings. The largest absolute Gasteiger partial charge is 0.383 e. The molecule has 0 aromatic carbocycles. The Kier molecular flexibility index (Phi) is 6.63. The van der Waals surface area contributed by atoms with Crippen LogP contribution in [0.3, 0.4) is 0 Å². The number of nitrogens with zero attached hydrogens (tertiary/aromatic N) is 3. The smallest absolute Gasteiger partial charge is 0.345 e. The lowest BCUT2D eigenvalue weighted by Crippen LogP contribution is -2.41. The van der Waals surface area contributed by atoms with Crippen LogP contribution < -0.4 is 5.32 Å². The maximum Gasteiger partial charge on any atom is 0.345 e. The van der Waals surface area contributed by atoms with E-state index >= 15 is 0 Å². The van der Waals surface area contributed by atoms with Crippen molar-refractivity contribution in [3.8, 4) is 0 Å². The van der Waals surface area contributed by atoms with E-state index in [1.165, 1.54) is 25.3 Å². The molecule has 10 heteroatoms. The number of anilines is 1. The number of pyridine rings is 1. The highest BCUT2D eigenvalue weighted by atomic mass is 32.2. The van der Waals surface area contributed by atoms with Gasteiger partial charge in [0.25, 0.3) is 5.91 Å². The summed E-state index contributed by atoms with van der Waals surface area (Å²) in [5.74, 6) is -0.866. The molecule has 1 fully saturated rings. The molecular formula is C19H25FN4O4S. The summed E-state index contributed by atoms with van der Waals surface area (Å²) in [5.41, 5.74) is 0.319. The minimum absolute atomic E-state index is 0.00413. The van der Waals surface area contributed by atoms with Gasteiger partial charge in [0.05, 0.1) is 18.9 Å². The van der Waals surface area contributed by atoms with Gasteiger partial charge in [-0.3, -0.25) is 4.79 Å². The van der Waals surface area contributed by atoms with E-state index in [0.717, 1.165) is 36.1 Å². The Balaban J connectivity index is 1.91. The fourth-order valence-electron chi connectivity index (χ4n) is 3.54. The zero-order valence-corrected chi connectivity index (χ0v) is 17.3. The second-order valence-corrected chi connectivity index (χ2v) is 8.86. The van der Waals surface area contributed by atoms with Crippen LogP contribution in [0.2, 0.25) is 0 Å². The molecule has 0 saturated heterocycles. The van der Waals surface area contributed by atoms with Crippen molar-refractivity contribution in [3.63, 3.8) is 0 Å². The summed E-state index contributed by atoms with van der Waals surface area (Å²) in [5, 5.41) is 2.47. The number of methoxy groups -OCH3 is 1. The maximum atomic E-state index is 13.3. The predicted octanol–water partition coefficient (Wildman–Crippen LogP) is 2.52. The van der Waals surface area contributed by atoms with Gasteiger partial charge in [0.2, 0.25) is 5.95 Å². The summed E-state index contributed by atoms with van der Waals surface area (Å²) in [6.07, 6.45) is 5.14. The van der Waals surface area contributed by atoms with Gasteiger partial charge >= 0.3 is 10.2 Å². The Morgan fingerprint density at radius 3 is 2.69 bits per heavy atom. The average molecular weight is 424 g/mol. The zero-order valence-electron chi connectivity index (χ0n) is 16.5. The molecule has 1 saturated carbocycles. The van der Waals surface area contributed by atoms with Gasteiger partial charge in [-0.1, -0.05) is 25.8 Å². The maximum absolute atomic E-state index is 13.3. The van der Waals surface area contributed by atoms with Crippen molar-refractivity contribution >= 4 is 27.6 Å². The van der Waals surface area contributed by atoms with E-state index in [2.05, 4.69) is 21.6 Å². The van der Waals surface area contributed by atoms with Crippen molar-refractivity contribution in [3.05, 3.63) is 35.9 Å². The quantitative estimate of drug-likeness (QED) is 0.707. The molecule has 1 aromatic heterocycles. The van der Waals surface area contributed by atoms with E-state index in [4.69, 9.17) is 4.74 Å². The number of ether oxygens (including phenoxy) is 1. The van der Waals surface area contributed by atoms with Gasteiger partial charge < -0.3 is 10.1 Å². The van der Waals surface area contributed by atoms with Gasteiger partial charge in [-0.2, -0.15) is 12.8 Å². The summed E-state index contributed by atoms with van der Waals surface area (Å²) in [6, 6.07) is 3.98. The SMILES string of the molecule is COCCN1C(C(=O)Nc2cccc(F)n2)=CC(C2CCC(C)CC2)=NS1(=O)=O. The van der Waals surface area contributed by atoms with Crippen LogP contribution >= 0.6 is 0 Å². The number of carbonyl (C=O) groups excluding carboxylic acids is 1. The van der Waals surface area contributed by atoms with Crippen LogP contribution in [-0.2, 0) is 19.7 Å². The fourth-order valence-corrected chi connectivity index (χ4v) is 4.80. The van der Waals surface area contributed by atoms with Gasteiger partial charge in [0, 0.05) is 13.0 Å². The number of carbonyl (C=O) groups is 1. The minimum atomic E-state index is -4.08. The van der Waals surface area contributed by atoms with Crippen molar-refractivity contribution in [1.29, 1.82) is 0 Å². The van der Waals surface area contributed by atoms with Gasteiger partial charge in [-0.15, -0.1) is 4.40 Å². The van der Waals surface area contributed by atoms with Gasteiger partial charge in [-0.25, -0.2) is 9.29 Å². The van der Waals surface area contributed by atoms with Crippen molar-refractivity contribution in [2.24, 2.45) is 16.2 Å². The molecule has 0 atom stereocenters. The van der Waals surface area contributed by atoms with Crippen LogP contribution in [0, 0.1) is 17.8 Å². The van der Waals surface area contributed by atoms with Crippen LogP contribution in [0.1, 0.15) is 32.6 Å². The first-order valence-electron chi connectivity index (χ1n) is 9.57. The second-order valence-electron chi connectivity index (χ2n) is 7.34. The number of nitrogens with one attached hydrogen (secondary N) is 1. The molecule has 1 amide bonds. The number of hydrogen-bond acceptors (Lipinski definition) is 5. The number of aromatic nitrogens is 1. The van der Waals surface area contributed by atoms with Crippen LogP contribution in [0.5, 0.6) is 0 Å². The first-order chi connectivity index (χ1) is 13.8. The number of hydrogen-bond donors (Lipinski definition) is 1. The molecule has 158 valence electrons. The number of allylic oxidation sites excluding steroid dienone is 1. The molecule has 0 spiro atoms. The van der Waals surface area contributed by atoms with Gasteiger partial charge in [0.15, 0.2) is 0 Å². The first kappa shape index (κ1) is 21.4. The third kappa shape index (κ3) is 5.18. The van der Waals surface area contributed by atoms with E-state index < -0.39 is 22.1 Å². The number of amides is 1. The fraction of sp³-hybridized carbons (Fsp3) is 0.526. The topological polar surface area (TPSA) is 101 Å². The highest BCUT2D eigenvalue weighted by Crippen LogP contribution is 2.32. The van der Waals surface area contributed by atoms with E-state index in [0.29, 0.717) is 11.6 Å². The molecule has 29 heavy (non-hydrogen) atoms. The Hall–Kier alpha value is -2.33. The Bertz CT molecular complexity index is 924. The molecule has 0 bridgehead atoms. The molecular weight excluding hydrogens is 399 g/mol. The Morgan fingerprint density at radius 1 is 1.31 bits per heavy atom. The molecule has 1 N–H and O–H groups in total. The zero-order chi connectivity index (χ0) is 21.0. The van der Waals surface area contributed by atoms with Crippen LogP contribution in [0.25, 0.3) is 0 Å². The standard InChI is InChI=1S/C19H25FN4O4S/c1-13-6-8-14(9-7-13)15-12-16(24(10-11-28-2)29(26,27)23-15)19(25)22-18-5-3-4-17(20)21-18/h3-5,12-14H,6-11H2,1-2H3,(H,21,22,25). The highest BCUT2D eigenvalue weighted by molar-refractivity contribution is 7.88. The molecule has 0 unspecified atom stereocenters. The molecule has 0 radical (unpaired) electrons. The van der Waals surface area contributed by atoms with Crippen molar-refractivity contribution in [1.82, 2.24) is 9.29 Å². The van der Waals surface area contributed by atoms with E-state index in [9.17, 15) is 17.6 Å². The van der Waals surface area contributed by atoms with E-state index in [1.54, 1.807) is 0 Å². The predicted molar refractivity (Wildman–Crippen MR) is 107 cm³/mol. The summed E-state index contributed by atoms with van der Waals surface area (Å²) in [7, 11) is -2.65. The number of halogens is 1. The third-order valence-electron chi connectivity index (χ3n) is 5.17. The third-order valence-corrected chi connectivity index (χ3v) is 6.55. The molecule has 1 aliphatic carbocycles. The summed E-state index contributed by atoms with van der Waals surface area (Å²) in [6.45, 7) is 2.20. The van der Waals surface area contributed by atoms with Gasteiger partial charge in [0.1, 0.15) is 11.5 Å². The second kappa shape index (κ2) is 9.00. The number of rotatable bonds is 6. The molecule has 1 aliphatic heterocycles. The van der Waals surface area contributed by atoms with Crippen LogP contribution in [0.4, 0.5) is 10.2 Å². The Labute approximate surface area is 170 Å². The molecule has 3 rings (SSSR count). The summed E-state index contributed by atoms with van der Waals surface area (Å²) >= 11 is 0. The minimum Gasteiger partial charge on any atom is -0.383 e. The normalized spacial score (nSPS) is 23.9. The highest BCUT2D eigenvalue weighted by Gasteiger charge is 2.35. The molecule has 2 heterocycles. The van der Waals surface area contributed by atoms with Crippen molar-refractivity contribution < 1.29 is 22.3 Å². The molecule has 2 aliphatic rings. The van der Waals surface area contributed by atoms with Crippen molar-refractivity contribution in [2.45, 2.75) is 32.6 Å². The van der Waals surface area contributed by atoms with Crippen LogP contribution in [-0.4, -0.2) is 49.6 Å². The lowest BCUT2D eigenvalue weighted by Gasteiger charge is -2.31. The monoisotopic (exact) mass is 424 g/mol. The summed E-state index contributed by atoms with van der Waals surface area (Å²) < 4.78 is 48.8. The summed E-state index contributed by atoms with van der Waals surface area (Å²) in [4.78, 5) is 16.5. The van der Waals surface area contributed by atoms with Crippen molar-refractivity contribution in [2.75, 3.05) is 25.6 Å². The lowest BCUT2D eigenvalue weighted by atomic mass is 9.80. The van der Waals surface area contributed by atoms with E-state index in [-0.39, 0.29) is 30.6 Å². The molecule has 8 nitrogen and oxygen atoms in total. The first-order valence-corrected chi connectivity index (χ1v) is 11.0.